The molecule has 1 amide bonds. The summed E-state index contributed by atoms with van der Waals surface area (Å²) in [5.41, 5.74) is 1.76. The highest BCUT2D eigenvalue weighted by Gasteiger charge is 2.22. The molecule has 4 nitrogen and oxygen atoms in total. The molecule has 0 bridgehead atoms. The van der Waals surface area contributed by atoms with Crippen LogP contribution in [0.1, 0.15) is 12.0 Å². The number of halogens is 2. The van der Waals surface area contributed by atoms with Gasteiger partial charge in [-0.2, -0.15) is 0 Å². The van der Waals surface area contributed by atoms with Crippen molar-refractivity contribution in [3.63, 3.8) is 0 Å². The molecule has 1 aromatic rings. The molecule has 1 aromatic carbocycles. The summed E-state index contributed by atoms with van der Waals surface area (Å²) in [5.74, 6) is -0.0116. The number of carbonyl (C=O) groups is 1. The van der Waals surface area contributed by atoms with Gasteiger partial charge in [-0.1, -0.05) is 17.7 Å². The first-order chi connectivity index (χ1) is 9.08. The van der Waals surface area contributed by atoms with E-state index in [9.17, 15) is 4.79 Å². The molecule has 20 heavy (non-hydrogen) atoms. The minimum atomic E-state index is -0.0116. The first-order valence-corrected chi connectivity index (χ1v) is 6.92. The molecule has 0 saturated carbocycles. The van der Waals surface area contributed by atoms with Gasteiger partial charge in [-0.15, -0.1) is 12.4 Å². The molecule has 2 rings (SSSR count). The second-order valence-corrected chi connectivity index (χ2v) is 5.45. The minimum absolute atomic E-state index is 0. The van der Waals surface area contributed by atoms with Gasteiger partial charge in [-0.05, 0) is 38.1 Å². The summed E-state index contributed by atoms with van der Waals surface area (Å²) in [6.45, 7) is 4.27. The van der Waals surface area contributed by atoms with Crippen LogP contribution in [0.25, 0.3) is 0 Å². The normalized spacial score (nSPS) is 18.6. The smallest absolute Gasteiger partial charge is 0.238 e. The summed E-state index contributed by atoms with van der Waals surface area (Å²) < 4.78 is 0. The molecule has 1 aliphatic rings. The minimum Gasteiger partial charge on any atom is -0.324 e. The van der Waals surface area contributed by atoms with Gasteiger partial charge >= 0.3 is 0 Å². The number of carbonyl (C=O) groups excluding carboxylic acids is 1. The number of likely N-dealkylation sites (tertiary alicyclic amines) is 1. The number of aryl methyl sites for hydroxylation is 1. The molecule has 112 valence electrons. The van der Waals surface area contributed by atoms with Crippen molar-refractivity contribution in [2.24, 2.45) is 0 Å². The van der Waals surface area contributed by atoms with E-state index >= 15 is 0 Å². The number of likely N-dealkylation sites (N-methyl/N-ethyl adjacent to an activating group) is 1. The van der Waals surface area contributed by atoms with Crippen LogP contribution in [0.5, 0.6) is 0 Å². The lowest BCUT2D eigenvalue weighted by molar-refractivity contribution is -0.117. The van der Waals surface area contributed by atoms with Crippen LogP contribution in [0.2, 0.25) is 5.02 Å². The third kappa shape index (κ3) is 4.63. The Morgan fingerprint density at radius 2 is 2.25 bits per heavy atom. The molecule has 0 radical (unpaired) electrons. The highest BCUT2D eigenvalue weighted by molar-refractivity contribution is 6.33. The lowest BCUT2D eigenvalue weighted by Gasteiger charge is -2.16. The third-order valence-corrected chi connectivity index (χ3v) is 3.76. The van der Waals surface area contributed by atoms with Gasteiger partial charge < -0.3 is 10.6 Å². The van der Waals surface area contributed by atoms with Gasteiger partial charge in [0.25, 0.3) is 0 Å². The lowest BCUT2D eigenvalue weighted by Crippen LogP contribution is -2.34. The largest absolute Gasteiger partial charge is 0.324 e. The molecule has 0 aromatic heterocycles. The maximum absolute atomic E-state index is 12.0. The van der Waals surface area contributed by atoms with E-state index in [2.05, 4.69) is 15.5 Å². The Bertz CT molecular complexity index is 468. The average Bonchev–Trinajstić information content (AvgIpc) is 2.80. The summed E-state index contributed by atoms with van der Waals surface area (Å²) in [5, 5.41) is 6.69. The van der Waals surface area contributed by atoms with E-state index in [0.29, 0.717) is 23.3 Å². The van der Waals surface area contributed by atoms with Gasteiger partial charge in [0.05, 0.1) is 17.3 Å². The number of hydrogen-bond acceptors (Lipinski definition) is 3. The summed E-state index contributed by atoms with van der Waals surface area (Å²) in [6.07, 6.45) is 1.09. The fourth-order valence-electron chi connectivity index (χ4n) is 2.33. The standard InChI is InChI=1S/C14H20ClN3O.ClH/c1-10-3-4-13(12(15)7-10)17-14(19)9-18-6-5-11(8-18)16-2;/h3-4,7,11,16H,5-6,8-9H2,1-2H3,(H,17,19);1H. The van der Waals surface area contributed by atoms with E-state index < -0.39 is 0 Å². The Kier molecular flexibility index (Phi) is 6.76. The third-order valence-electron chi connectivity index (χ3n) is 3.45. The highest BCUT2D eigenvalue weighted by atomic mass is 35.5. The molecular weight excluding hydrogens is 297 g/mol. The monoisotopic (exact) mass is 317 g/mol. The number of nitrogens with zero attached hydrogens (tertiary/aromatic N) is 1. The summed E-state index contributed by atoms with van der Waals surface area (Å²) in [7, 11) is 1.96. The molecule has 0 aliphatic carbocycles. The summed E-state index contributed by atoms with van der Waals surface area (Å²) in [4.78, 5) is 14.1. The molecule has 1 saturated heterocycles. The maximum Gasteiger partial charge on any atom is 0.238 e. The highest BCUT2D eigenvalue weighted by Crippen LogP contribution is 2.22. The zero-order valence-corrected chi connectivity index (χ0v) is 13.4. The number of rotatable bonds is 4. The fraction of sp³-hybridized carbons (Fsp3) is 0.500. The maximum atomic E-state index is 12.0. The van der Waals surface area contributed by atoms with Crippen molar-refractivity contribution in [2.75, 3.05) is 32.0 Å². The molecule has 1 unspecified atom stereocenters. The van der Waals surface area contributed by atoms with Crippen LogP contribution in [0.15, 0.2) is 18.2 Å². The number of amides is 1. The van der Waals surface area contributed by atoms with Crippen LogP contribution in [0.3, 0.4) is 0 Å². The fourth-order valence-corrected chi connectivity index (χ4v) is 2.61. The average molecular weight is 318 g/mol. The second-order valence-electron chi connectivity index (χ2n) is 5.04. The Hall–Kier alpha value is -0.810. The predicted molar refractivity (Wildman–Crippen MR) is 86.0 cm³/mol. The SMILES string of the molecule is CNC1CCN(CC(=O)Nc2ccc(C)cc2Cl)C1.Cl. The van der Waals surface area contributed by atoms with E-state index in [1.54, 1.807) is 0 Å². The second kappa shape index (κ2) is 7.84. The van der Waals surface area contributed by atoms with Gasteiger partial charge in [0.15, 0.2) is 0 Å². The van der Waals surface area contributed by atoms with Crippen molar-refractivity contribution in [3.05, 3.63) is 28.8 Å². The van der Waals surface area contributed by atoms with Crippen molar-refractivity contribution in [1.29, 1.82) is 0 Å². The molecule has 1 aliphatic heterocycles. The Labute approximate surface area is 131 Å². The number of benzene rings is 1. The van der Waals surface area contributed by atoms with Crippen molar-refractivity contribution >= 4 is 35.6 Å². The zero-order chi connectivity index (χ0) is 13.8. The zero-order valence-electron chi connectivity index (χ0n) is 11.8. The van der Waals surface area contributed by atoms with Crippen LogP contribution >= 0.6 is 24.0 Å². The molecule has 0 spiro atoms. The van der Waals surface area contributed by atoms with Gasteiger partial charge in [-0.25, -0.2) is 0 Å². The quantitative estimate of drug-likeness (QED) is 0.895. The van der Waals surface area contributed by atoms with Crippen molar-refractivity contribution in [2.45, 2.75) is 19.4 Å². The molecule has 1 heterocycles. The van der Waals surface area contributed by atoms with Gasteiger partial charge in [0.1, 0.15) is 0 Å². The van der Waals surface area contributed by atoms with E-state index in [1.165, 1.54) is 0 Å². The topological polar surface area (TPSA) is 44.4 Å². The first-order valence-electron chi connectivity index (χ1n) is 6.54. The molecule has 6 heteroatoms. The van der Waals surface area contributed by atoms with Crippen LogP contribution in [-0.2, 0) is 4.79 Å². The van der Waals surface area contributed by atoms with Gasteiger partial charge in [0, 0.05) is 19.1 Å². The molecule has 1 fully saturated rings. The molecule has 1 atom stereocenters. The number of hydrogen-bond donors (Lipinski definition) is 2. The summed E-state index contributed by atoms with van der Waals surface area (Å²) in [6, 6.07) is 6.13. The van der Waals surface area contributed by atoms with E-state index in [1.807, 2.05) is 32.2 Å². The van der Waals surface area contributed by atoms with Crippen LogP contribution in [0, 0.1) is 6.92 Å². The molecule has 2 N–H and O–H groups in total. The van der Waals surface area contributed by atoms with Gasteiger partial charge in [-0.3, -0.25) is 9.69 Å². The number of anilines is 1. The number of nitrogens with one attached hydrogen (secondary N) is 2. The lowest BCUT2D eigenvalue weighted by atomic mass is 10.2. The summed E-state index contributed by atoms with van der Waals surface area (Å²) >= 11 is 6.10. The first kappa shape index (κ1) is 17.2. The Balaban J connectivity index is 0.00000200. The van der Waals surface area contributed by atoms with Crippen LogP contribution < -0.4 is 10.6 Å². The van der Waals surface area contributed by atoms with E-state index in [0.717, 1.165) is 25.1 Å². The molecular formula is C14H21Cl2N3O. The van der Waals surface area contributed by atoms with Crippen molar-refractivity contribution in [1.82, 2.24) is 10.2 Å². The Morgan fingerprint density at radius 3 is 2.85 bits per heavy atom. The van der Waals surface area contributed by atoms with E-state index in [-0.39, 0.29) is 18.3 Å². The Morgan fingerprint density at radius 1 is 1.50 bits per heavy atom. The van der Waals surface area contributed by atoms with Gasteiger partial charge in [0.2, 0.25) is 5.91 Å². The predicted octanol–water partition coefficient (Wildman–Crippen LogP) is 2.30. The van der Waals surface area contributed by atoms with Crippen molar-refractivity contribution in [3.8, 4) is 0 Å². The van der Waals surface area contributed by atoms with Crippen LogP contribution in [-0.4, -0.2) is 43.5 Å². The van der Waals surface area contributed by atoms with E-state index in [4.69, 9.17) is 11.6 Å². The van der Waals surface area contributed by atoms with Crippen molar-refractivity contribution < 1.29 is 4.79 Å². The van der Waals surface area contributed by atoms with Crippen LogP contribution in [0.4, 0.5) is 5.69 Å².